The number of carbonyl (C=O) groups excluding carboxylic acids is 3. The number of rotatable bonds is 6. The molecule has 0 spiro atoms. The van der Waals surface area contributed by atoms with E-state index >= 15 is 0 Å². The smallest absolute Gasteiger partial charge is 0.254 e. The number of aromatic nitrogens is 1. The molecule has 0 saturated heterocycles. The van der Waals surface area contributed by atoms with Gasteiger partial charge in [0.25, 0.3) is 5.91 Å². The normalized spacial score (nSPS) is 21.7. The minimum absolute atomic E-state index is 0.0204. The summed E-state index contributed by atoms with van der Waals surface area (Å²) in [4.78, 5) is 46.8. The topological polar surface area (TPSA) is 112 Å². The van der Waals surface area contributed by atoms with Gasteiger partial charge in [0, 0.05) is 43.0 Å². The number of methoxy groups -OCH3 is 1. The van der Waals surface area contributed by atoms with Gasteiger partial charge < -0.3 is 20.1 Å². The van der Waals surface area contributed by atoms with Crippen molar-refractivity contribution in [2.75, 3.05) is 19.4 Å². The van der Waals surface area contributed by atoms with E-state index in [1.807, 2.05) is 30.9 Å². The first kappa shape index (κ1) is 28.6. The first-order chi connectivity index (χ1) is 19.3. The summed E-state index contributed by atoms with van der Waals surface area (Å²) in [5.74, 6) is 0.940. The summed E-state index contributed by atoms with van der Waals surface area (Å²) in [7, 11) is 1.59. The number of anilines is 1. The Morgan fingerprint density at radius 3 is 2.49 bits per heavy atom. The lowest BCUT2D eigenvalue weighted by atomic mass is 9.68. The number of likely N-dealkylation sites (N-methyl/N-ethyl adjacent to an activating group) is 1. The molecule has 8 nitrogen and oxygen atoms in total. The van der Waals surface area contributed by atoms with E-state index in [4.69, 9.17) is 15.2 Å². The van der Waals surface area contributed by atoms with Crippen molar-refractivity contribution in [2.45, 2.75) is 73.3 Å². The molecule has 0 bridgehead atoms. The van der Waals surface area contributed by atoms with E-state index in [1.165, 1.54) is 6.92 Å². The van der Waals surface area contributed by atoms with E-state index in [0.717, 1.165) is 16.7 Å². The fraction of sp³-hybridized carbons (Fsp3) is 0.455. The zero-order chi connectivity index (χ0) is 30.0. The van der Waals surface area contributed by atoms with Crippen LogP contribution in [0.5, 0.6) is 5.75 Å². The minimum Gasteiger partial charge on any atom is -0.496 e. The standard InChI is InChI=1S/C33H39N3O5/c1-9-36-30(16(2)3)31-28(32(36)39)27(26-22(38)14-33(6,7)15-24(26)41-31)25-17(4)19(10-13-23(25)40-8)21-12-11-20(34)29(35-21)18(5)37/h10-13,16,27,30H,9,14-15,34H2,1-8H3/t27-,30+/m0/s1. The maximum absolute atomic E-state index is 14.2. The van der Waals surface area contributed by atoms with E-state index in [1.54, 1.807) is 19.2 Å². The highest BCUT2D eigenvalue weighted by Gasteiger charge is 2.53. The molecule has 1 amide bonds. The Kier molecular flexibility index (Phi) is 7.08. The van der Waals surface area contributed by atoms with E-state index in [9.17, 15) is 14.4 Å². The second-order valence-electron chi connectivity index (χ2n) is 12.4. The Morgan fingerprint density at radius 1 is 1.17 bits per heavy atom. The van der Waals surface area contributed by atoms with E-state index in [0.29, 0.717) is 59.2 Å². The summed E-state index contributed by atoms with van der Waals surface area (Å²) in [6, 6.07) is 6.96. The highest BCUT2D eigenvalue weighted by molar-refractivity contribution is 6.07. The first-order valence-corrected chi connectivity index (χ1v) is 14.3. The van der Waals surface area contributed by atoms with Crippen molar-refractivity contribution in [1.82, 2.24) is 9.88 Å². The monoisotopic (exact) mass is 557 g/mol. The van der Waals surface area contributed by atoms with Crippen LogP contribution in [-0.4, -0.2) is 47.1 Å². The van der Waals surface area contributed by atoms with Crippen molar-refractivity contribution >= 4 is 23.2 Å². The van der Waals surface area contributed by atoms with Crippen LogP contribution >= 0.6 is 0 Å². The summed E-state index contributed by atoms with van der Waals surface area (Å²) >= 11 is 0. The molecule has 2 atom stereocenters. The van der Waals surface area contributed by atoms with Gasteiger partial charge in [-0.25, -0.2) is 4.98 Å². The Morgan fingerprint density at radius 2 is 1.88 bits per heavy atom. The molecular weight excluding hydrogens is 518 g/mol. The highest BCUT2D eigenvalue weighted by Crippen LogP contribution is 2.55. The van der Waals surface area contributed by atoms with Crippen LogP contribution in [0.15, 0.2) is 46.9 Å². The number of nitrogens with zero attached hydrogens (tertiary/aromatic N) is 2. The van der Waals surface area contributed by atoms with Crippen LogP contribution in [0.1, 0.15) is 81.9 Å². The maximum Gasteiger partial charge on any atom is 0.254 e. The van der Waals surface area contributed by atoms with Crippen LogP contribution < -0.4 is 10.5 Å². The van der Waals surface area contributed by atoms with Gasteiger partial charge in [0.15, 0.2) is 11.6 Å². The molecule has 5 rings (SSSR count). The molecular formula is C33H39N3O5. The number of nitrogen functional groups attached to an aromatic ring is 1. The SMILES string of the molecule is CCN1C(=O)C2=C(OC3=C(C(=O)CC(C)(C)C3)[C@@H]2c2c(OC)ccc(-c3ccc(N)c(C(C)=O)n3)c2C)[C@H]1C(C)C. The van der Waals surface area contributed by atoms with Gasteiger partial charge in [-0.05, 0) is 55.0 Å². The number of benzene rings is 1. The number of allylic oxidation sites excluding steroid dienone is 2. The van der Waals surface area contributed by atoms with Crippen LogP contribution in [0.25, 0.3) is 11.3 Å². The predicted octanol–water partition coefficient (Wildman–Crippen LogP) is 5.75. The van der Waals surface area contributed by atoms with Gasteiger partial charge in [-0.1, -0.05) is 27.7 Å². The van der Waals surface area contributed by atoms with Crippen LogP contribution in [0, 0.1) is 18.3 Å². The third kappa shape index (κ3) is 4.53. The van der Waals surface area contributed by atoms with Gasteiger partial charge >= 0.3 is 0 Å². The van der Waals surface area contributed by atoms with Crippen molar-refractivity contribution < 1.29 is 23.9 Å². The van der Waals surface area contributed by atoms with Crippen molar-refractivity contribution in [3.63, 3.8) is 0 Å². The quantitative estimate of drug-likeness (QED) is 0.450. The molecule has 1 aromatic carbocycles. The number of nitrogens with two attached hydrogens (primary N) is 1. The Bertz CT molecular complexity index is 1550. The molecule has 0 fully saturated rings. The Labute approximate surface area is 241 Å². The molecule has 2 aromatic rings. The number of hydrogen-bond acceptors (Lipinski definition) is 7. The molecule has 1 aromatic heterocycles. The fourth-order valence-electron chi connectivity index (χ4n) is 6.75. The van der Waals surface area contributed by atoms with Gasteiger partial charge in [0.05, 0.1) is 36.0 Å². The third-order valence-electron chi connectivity index (χ3n) is 8.54. The predicted molar refractivity (Wildman–Crippen MR) is 157 cm³/mol. The van der Waals surface area contributed by atoms with Gasteiger partial charge in [-0.3, -0.25) is 14.4 Å². The van der Waals surface area contributed by atoms with Crippen LogP contribution in [0.4, 0.5) is 5.69 Å². The van der Waals surface area contributed by atoms with Gasteiger partial charge in [0.2, 0.25) is 0 Å². The number of hydrogen-bond donors (Lipinski definition) is 1. The molecule has 216 valence electrons. The van der Waals surface area contributed by atoms with E-state index in [2.05, 4.69) is 32.7 Å². The number of Topliss-reactive ketones (excluding diaryl/α,β-unsaturated/α-hetero) is 2. The average Bonchev–Trinajstić information content (AvgIpc) is 3.18. The summed E-state index contributed by atoms with van der Waals surface area (Å²) in [5, 5.41) is 0. The highest BCUT2D eigenvalue weighted by atomic mass is 16.5. The number of amides is 1. The van der Waals surface area contributed by atoms with E-state index < -0.39 is 5.92 Å². The molecule has 0 saturated carbocycles. The average molecular weight is 558 g/mol. The largest absolute Gasteiger partial charge is 0.496 e. The number of pyridine rings is 1. The lowest BCUT2D eigenvalue weighted by molar-refractivity contribution is -0.127. The molecule has 3 aliphatic rings. The Balaban J connectivity index is 1.81. The summed E-state index contributed by atoms with van der Waals surface area (Å²) < 4.78 is 12.5. The maximum atomic E-state index is 14.2. The van der Waals surface area contributed by atoms with E-state index in [-0.39, 0.29) is 40.5 Å². The Hall–Kier alpha value is -3.94. The van der Waals surface area contributed by atoms with Gasteiger partial charge in [-0.2, -0.15) is 0 Å². The zero-order valence-electron chi connectivity index (χ0n) is 25.2. The van der Waals surface area contributed by atoms with Crippen LogP contribution in [0.3, 0.4) is 0 Å². The fourth-order valence-corrected chi connectivity index (χ4v) is 6.75. The number of carbonyl (C=O) groups is 3. The van der Waals surface area contributed by atoms with Crippen molar-refractivity contribution in [2.24, 2.45) is 11.3 Å². The van der Waals surface area contributed by atoms with Crippen LogP contribution in [0.2, 0.25) is 0 Å². The summed E-state index contributed by atoms with van der Waals surface area (Å²) in [6.07, 6.45) is 0.950. The van der Waals surface area contributed by atoms with Crippen molar-refractivity contribution in [3.05, 3.63) is 63.8 Å². The van der Waals surface area contributed by atoms with Crippen molar-refractivity contribution in [3.8, 4) is 17.0 Å². The lowest BCUT2D eigenvalue weighted by Gasteiger charge is -2.39. The zero-order valence-corrected chi connectivity index (χ0v) is 25.2. The van der Waals surface area contributed by atoms with Gasteiger partial charge in [0.1, 0.15) is 23.0 Å². The summed E-state index contributed by atoms with van der Waals surface area (Å²) in [5.41, 5.74) is 10.2. The summed E-state index contributed by atoms with van der Waals surface area (Å²) in [6.45, 7) is 14.2. The lowest BCUT2D eigenvalue weighted by Crippen LogP contribution is -2.39. The first-order valence-electron chi connectivity index (χ1n) is 14.3. The molecule has 8 heteroatoms. The van der Waals surface area contributed by atoms with Crippen LogP contribution in [-0.2, 0) is 14.3 Å². The van der Waals surface area contributed by atoms with Crippen molar-refractivity contribution in [1.29, 1.82) is 0 Å². The molecule has 41 heavy (non-hydrogen) atoms. The second kappa shape index (κ2) is 10.2. The minimum atomic E-state index is -0.654. The van der Waals surface area contributed by atoms with Gasteiger partial charge in [-0.15, -0.1) is 0 Å². The molecule has 2 N–H and O–H groups in total. The molecule has 0 radical (unpaired) electrons. The third-order valence-corrected chi connectivity index (χ3v) is 8.54. The molecule has 2 aliphatic heterocycles. The number of ketones is 2. The molecule has 3 heterocycles. The number of ether oxygens (including phenoxy) is 2. The second-order valence-corrected chi connectivity index (χ2v) is 12.4. The molecule has 1 aliphatic carbocycles. The molecule has 0 unspecified atom stereocenters.